The first-order valence-electron chi connectivity index (χ1n) is 6.78. The van der Waals surface area contributed by atoms with Gasteiger partial charge in [0.05, 0.1) is 6.61 Å². The predicted molar refractivity (Wildman–Crippen MR) is 78.6 cm³/mol. The second kappa shape index (κ2) is 8.90. The number of nitrogens with one attached hydrogen (secondary N) is 1. The summed E-state index contributed by atoms with van der Waals surface area (Å²) in [5.74, 6) is 0. The highest BCUT2D eigenvalue weighted by atomic mass is 16.5. The maximum absolute atomic E-state index is 5.11. The zero-order chi connectivity index (χ0) is 13.2. The Balaban J connectivity index is 2.60. The summed E-state index contributed by atoms with van der Waals surface area (Å²) in [4.78, 5) is 0. The summed E-state index contributed by atoms with van der Waals surface area (Å²) in [5, 5.41) is 3.45. The second-order valence-corrected chi connectivity index (χ2v) is 4.51. The number of rotatable bonds is 8. The average molecular weight is 247 g/mol. The van der Waals surface area contributed by atoms with E-state index in [1.54, 1.807) is 7.11 Å². The van der Waals surface area contributed by atoms with Crippen LogP contribution in [0.15, 0.2) is 29.8 Å². The van der Waals surface area contributed by atoms with Gasteiger partial charge in [-0.3, -0.25) is 0 Å². The van der Waals surface area contributed by atoms with E-state index in [9.17, 15) is 0 Å². The molecule has 1 rings (SSSR count). The van der Waals surface area contributed by atoms with E-state index in [0.29, 0.717) is 6.61 Å². The zero-order valence-electron chi connectivity index (χ0n) is 11.8. The molecule has 0 aliphatic heterocycles. The fourth-order valence-corrected chi connectivity index (χ4v) is 1.82. The number of hydrogen-bond donors (Lipinski definition) is 1. The van der Waals surface area contributed by atoms with Gasteiger partial charge in [-0.2, -0.15) is 0 Å². The van der Waals surface area contributed by atoms with Gasteiger partial charge in [-0.15, -0.1) is 0 Å². The smallest absolute Gasteiger partial charge is 0.0713 e. The molecular formula is C16H25NO. The van der Waals surface area contributed by atoms with E-state index in [4.69, 9.17) is 4.74 Å². The largest absolute Gasteiger partial charge is 0.380 e. The molecule has 0 spiro atoms. The third-order valence-electron chi connectivity index (χ3n) is 2.89. The average Bonchev–Trinajstić information content (AvgIpc) is 2.40. The Morgan fingerprint density at radius 1 is 1.22 bits per heavy atom. The summed E-state index contributed by atoms with van der Waals surface area (Å²) in [6.07, 6.45) is 4.55. The molecule has 0 amide bonds. The molecule has 18 heavy (non-hydrogen) atoms. The van der Waals surface area contributed by atoms with Crippen molar-refractivity contribution in [2.45, 2.75) is 33.3 Å². The third-order valence-corrected chi connectivity index (χ3v) is 2.89. The van der Waals surface area contributed by atoms with Gasteiger partial charge in [0, 0.05) is 13.7 Å². The van der Waals surface area contributed by atoms with Gasteiger partial charge in [0.1, 0.15) is 0 Å². The lowest BCUT2D eigenvalue weighted by molar-refractivity contribution is 0.185. The molecule has 2 nitrogen and oxygen atoms in total. The maximum atomic E-state index is 5.11. The number of ether oxygens (including phenoxy) is 1. The number of methoxy groups -OCH3 is 1. The lowest BCUT2D eigenvalue weighted by Crippen LogP contribution is -2.17. The monoisotopic (exact) mass is 247 g/mol. The Bertz CT molecular complexity index is 354. The standard InChI is InChI=1S/C16H25NO/c1-4-10-17-12-14(5-2)11-15-6-8-16(9-7-15)13-18-3/h6-9,11,17H,4-5,10,12-13H2,1-3H3. The van der Waals surface area contributed by atoms with Crippen LogP contribution in [-0.2, 0) is 11.3 Å². The van der Waals surface area contributed by atoms with Crippen LogP contribution in [0.1, 0.15) is 37.8 Å². The number of hydrogen-bond acceptors (Lipinski definition) is 2. The minimum atomic E-state index is 0.683. The first kappa shape index (κ1) is 14.9. The summed E-state index contributed by atoms with van der Waals surface area (Å²) in [6.45, 7) is 7.16. The molecule has 0 atom stereocenters. The summed E-state index contributed by atoms with van der Waals surface area (Å²) in [6, 6.07) is 8.57. The summed E-state index contributed by atoms with van der Waals surface area (Å²) in [5.41, 5.74) is 3.93. The van der Waals surface area contributed by atoms with E-state index >= 15 is 0 Å². The van der Waals surface area contributed by atoms with Crippen molar-refractivity contribution in [1.82, 2.24) is 5.32 Å². The van der Waals surface area contributed by atoms with Crippen molar-refractivity contribution in [2.24, 2.45) is 0 Å². The van der Waals surface area contributed by atoms with E-state index in [2.05, 4.69) is 49.5 Å². The van der Waals surface area contributed by atoms with E-state index in [0.717, 1.165) is 19.5 Å². The van der Waals surface area contributed by atoms with Crippen LogP contribution in [0.5, 0.6) is 0 Å². The van der Waals surface area contributed by atoms with Crippen molar-refractivity contribution in [3.05, 3.63) is 41.0 Å². The molecule has 1 aromatic rings. The van der Waals surface area contributed by atoms with Gasteiger partial charge in [-0.1, -0.05) is 49.8 Å². The van der Waals surface area contributed by atoms with Gasteiger partial charge < -0.3 is 10.1 Å². The van der Waals surface area contributed by atoms with E-state index in [-0.39, 0.29) is 0 Å². The Labute approximate surface area is 111 Å². The van der Waals surface area contributed by atoms with Crippen molar-refractivity contribution in [2.75, 3.05) is 20.2 Å². The van der Waals surface area contributed by atoms with Gasteiger partial charge in [0.15, 0.2) is 0 Å². The van der Waals surface area contributed by atoms with Gasteiger partial charge in [0.2, 0.25) is 0 Å². The first-order valence-corrected chi connectivity index (χ1v) is 6.78. The summed E-state index contributed by atoms with van der Waals surface area (Å²) < 4.78 is 5.11. The van der Waals surface area contributed by atoms with Crippen molar-refractivity contribution < 1.29 is 4.74 Å². The molecule has 0 heterocycles. The molecular weight excluding hydrogens is 222 g/mol. The normalized spacial score (nSPS) is 11.8. The van der Waals surface area contributed by atoms with Gasteiger partial charge >= 0.3 is 0 Å². The highest BCUT2D eigenvalue weighted by Gasteiger charge is 1.96. The molecule has 2 heteroatoms. The topological polar surface area (TPSA) is 21.3 Å². The highest BCUT2D eigenvalue weighted by Crippen LogP contribution is 2.11. The van der Waals surface area contributed by atoms with Crippen LogP contribution >= 0.6 is 0 Å². The predicted octanol–water partition coefficient (Wildman–Crippen LogP) is 3.63. The van der Waals surface area contributed by atoms with Crippen molar-refractivity contribution >= 4 is 6.08 Å². The molecule has 0 saturated carbocycles. The molecule has 1 N–H and O–H groups in total. The Morgan fingerprint density at radius 2 is 1.94 bits per heavy atom. The molecule has 1 aromatic carbocycles. The molecule has 0 aliphatic carbocycles. The van der Waals surface area contributed by atoms with E-state index < -0.39 is 0 Å². The second-order valence-electron chi connectivity index (χ2n) is 4.51. The Kier molecular flexibility index (Phi) is 7.38. The molecule has 0 radical (unpaired) electrons. The van der Waals surface area contributed by atoms with Crippen molar-refractivity contribution in [1.29, 1.82) is 0 Å². The van der Waals surface area contributed by atoms with Crippen LogP contribution in [-0.4, -0.2) is 20.2 Å². The van der Waals surface area contributed by atoms with Crippen LogP contribution < -0.4 is 5.32 Å². The van der Waals surface area contributed by atoms with Crippen LogP contribution in [0.25, 0.3) is 6.08 Å². The SMILES string of the molecule is CCCNCC(=Cc1ccc(COC)cc1)CC. The minimum absolute atomic E-state index is 0.683. The summed E-state index contributed by atoms with van der Waals surface area (Å²) in [7, 11) is 1.72. The molecule has 100 valence electrons. The summed E-state index contributed by atoms with van der Waals surface area (Å²) >= 11 is 0. The fourth-order valence-electron chi connectivity index (χ4n) is 1.82. The molecule has 0 saturated heterocycles. The van der Waals surface area contributed by atoms with E-state index in [1.807, 2.05) is 0 Å². The molecule has 0 aromatic heterocycles. The lowest BCUT2D eigenvalue weighted by Gasteiger charge is -2.07. The maximum Gasteiger partial charge on any atom is 0.0713 e. The third kappa shape index (κ3) is 5.48. The first-order chi connectivity index (χ1) is 8.80. The Hall–Kier alpha value is -1.12. The zero-order valence-corrected chi connectivity index (χ0v) is 11.8. The molecule has 0 fully saturated rings. The van der Waals surface area contributed by atoms with Crippen molar-refractivity contribution in [3.8, 4) is 0 Å². The van der Waals surface area contributed by atoms with Crippen LogP contribution in [0.4, 0.5) is 0 Å². The molecule has 0 aliphatic rings. The number of benzene rings is 1. The van der Waals surface area contributed by atoms with Crippen LogP contribution in [0, 0.1) is 0 Å². The highest BCUT2D eigenvalue weighted by molar-refractivity contribution is 5.53. The van der Waals surface area contributed by atoms with Crippen LogP contribution in [0.3, 0.4) is 0 Å². The fraction of sp³-hybridized carbons (Fsp3) is 0.500. The van der Waals surface area contributed by atoms with Gasteiger partial charge in [-0.05, 0) is 30.5 Å². The lowest BCUT2D eigenvalue weighted by atomic mass is 10.1. The van der Waals surface area contributed by atoms with Crippen molar-refractivity contribution in [3.63, 3.8) is 0 Å². The minimum Gasteiger partial charge on any atom is -0.380 e. The van der Waals surface area contributed by atoms with Crippen LogP contribution in [0.2, 0.25) is 0 Å². The quantitative estimate of drug-likeness (QED) is 0.708. The molecule has 0 bridgehead atoms. The van der Waals surface area contributed by atoms with Gasteiger partial charge in [-0.25, -0.2) is 0 Å². The Morgan fingerprint density at radius 3 is 2.50 bits per heavy atom. The molecule has 0 unspecified atom stereocenters. The van der Waals surface area contributed by atoms with E-state index in [1.165, 1.54) is 23.1 Å². The van der Waals surface area contributed by atoms with Gasteiger partial charge in [0.25, 0.3) is 0 Å².